The summed E-state index contributed by atoms with van der Waals surface area (Å²) < 4.78 is 6.72. The lowest BCUT2D eigenvalue weighted by atomic mass is 10.1. The molecule has 0 aliphatic rings. The standard InChI is InChI=1S/C24H30BrClN2O3/c1-5-17(4)27-24(30)22(6-2)28(14-18-9-7-8-10-21(18)26)23(29)15-31-19-11-12-20(25)16(3)13-19/h7-13,17,22H,5-6,14-15H2,1-4H3,(H,27,30)/t17-,22+/m0/s1. The number of nitrogens with one attached hydrogen (secondary N) is 1. The molecule has 31 heavy (non-hydrogen) atoms. The average molecular weight is 510 g/mol. The van der Waals surface area contributed by atoms with Gasteiger partial charge in [-0.2, -0.15) is 0 Å². The van der Waals surface area contributed by atoms with Crippen molar-refractivity contribution in [3.63, 3.8) is 0 Å². The Morgan fingerprint density at radius 3 is 2.48 bits per heavy atom. The molecule has 2 aromatic carbocycles. The molecule has 0 aliphatic heterocycles. The maximum Gasteiger partial charge on any atom is 0.261 e. The van der Waals surface area contributed by atoms with Crippen molar-refractivity contribution >= 4 is 39.3 Å². The van der Waals surface area contributed by atoms with Gasteiger partial charge in [0, 0.05) is 22.1 Å². The highest BCUT2D eigenvalue weighted by Crippen LogP contribution is 2.23. The predicted octanol–water partition coefficient (Wildman–Crippen LogP) is 5.51. The normalized spacial score (nSPS) is 12.7. The molecule has 168 valence electrons. The monoisotopic (exact) mass is 508 g/mol. The quantitative estimate of drug-likeness (QED) is 0.459. The fraction of sp³-hybridized carbons (Fsp3) is 0.417. The number of hydrogen-bond donors (Lipinski definition) is 1. The minimum atomic E-state index is -0.618. The summed E-state index contributed by atoms with van der Waals surface area (Å²) in [5.41, 5.74) is 1.80. The van der Waals surface area contributed by atoms with Gasteiger partial charge in [0.25, 0.3) is 5.91 Å². The zero-order valence-electron chi connectivity index (χ0n) is 18.5. The molecule has 0 saturated carbocycles. The number of ether oxygens (including phenoxy) is 1. The van der Waals surface area contributed by atoms with E-state index in [-0.39, 0.29) is 31.0 Å². The second-order valence-corrected chi connectivity index (χ2v) is 8.82. The molecule has 0 bridgehead atoms. The molecule has 0 saturated heterocycles. The number of carbonyl (C=O) groups excluding carboxylic acids is 2. The fourth-order valence-electron chi connectivity index (χ4n) is 3.11. The number of nitrogens with zero attached hydrogens (tertiary/aromatic N) is 1. The summed E-state index contributed by atoms with van der Waals surface area (Å²) in [5, 5.41) is 3.55. The molecule has 0 radical (unpaired) electrons. The van der Waals surface area contributed by atoms with E-state index in [0.29, 0.717) is 17.2 Å². The van der Waals surface area contributed by atoms with Crippen molar-refractivity contribution in [2.45, 2.75) is 59.2 Å². The number of amides is 2. The van der Waals surface area contributed by atoms with E-state index in [1.807, 2.05) is 58.0 Å². The zero-order chi connectivity index (χ0) is 23.0. The molecule has 0 fully saturated rings. The lowest BCUT2D eigenvalue weighted by Gasteiger charge is -2.31. The lowest BCUT2D eigenvalue weighted by molar-refractivity contribution is -0.143. The Labute approximate surface area is 198 Å². The van der Waals surface area contributed by atoms with E-state index in [0.717, 1.165) is 22.0 Å². The minimum Gasteiger partial charge on any atom is -0.484 e. The molecule has 7 heteroatoms. The van der Waals surface area contributed by atoms with Crippen LogP contribution in [0.2, 0.25) is 5.02 Å². The first kappa shape index (κ1) is 25.2. The van der Waals surface area contributed by atoms with E-state index >= 15 is 0 Å². The van der Waals surface area contributed by atoms with Gasteiger partial charge in [0.15, 0.2) is 6.61 Å². The van der Waals surface area contributed by atoms with Gasteiger partial charge in [0.05, 0.1) is 0 Å². The van der Waals surface area contributed by atoms with Gasteiger partial charge < -0.3 is 15.0 Å². The number of aryl methyl sites for hydroxylation is 1. The first-order valence-corrected chi connectivity index (χ1v) is 11.7. The topological polar surface area (TPSA) is 58.6 Å². The molecule has 2 atom stereocenters. The lowest BCUT2D eigenvalue weighted by Crippen LogP contribution is -2.51. The van der Waals surface area contributed by atoms with Crippen LogP contribution in [-0.2, 0) is 16.1 Å². The molecular weight excluding hydrogens is 480 g/mol. The molecular formula is C24H30BrClN2O3. The molecule has 2 amide bonds. The maximum absolute atomic E-state index is 13.2. The Morgan fingerprint density at radius 2 is 1.87 bits per heavy atom. The molecule has 0 heterocycles. The van der Waals surface area contributed by atoms with Crippen molar-refractivity contribution in [2.24, 2.45) is 0 Å². The second-order valence-electron chi connectivity index (χ2n) is 7.55. The van der Waals surface area contributed by atoms with E-state index in [1.54, 1.807) is 17.0 Å². The van der Waals surface area contributed by atoms with Crippen LogP contribution < -0.4 is 10.1 Å². The second kappa shape index (κ2) is 12.1. The summed E-state index contributed by atoms with van der Waals surface area (Å²) in [5.74, 6) is 0.159. The van der Waals surface area contributed by atoms with E-state index in [2.05, 4.69) is 21.2 Å². The highest BCUT2D eigenvalue weighted by Gasteiger charge is 2.30. The first-order chi connectivity index (χ1) is 14.8. The van der Waals surface area contributed by atoms with Gasteiger partial charge in [-0.1, -0.05) is 59.6 Å². The van der Waals surface area contributed by atoms with Crippen LogP contribution in [0.4, 0.5) is 0 Å². The Bertz CT molecular complexity index is 906. The van der Waals surface area contributed by atoms with E-state index < -0.39 is 6.04 Å². The molecule has 0 spiro atoms. The minimum absolute atomic E-state index is 0.0285. The van der Waals surface area contributed by atoms with Crippen LogP contribution >= 0.6 is 27.5 Å². The van der Waals surface area contributed by atoms with Gasteiger partial charge >= 0.3 is 0 Å². The van der Waals surface area contributed by atoms with Gasteiger partial charge in [-0.25, -0.2) is 0 Å². The summed E-state index contributed by atoms with van der Waals surface area (Å²) >= 11 is 9.80. The van der Waals surface area contributed by atoms with Crippen molar-refractivity contribution in [1.29, 1.82) is 0 Å². The zero-order valence-corrected chi connectivity index (χ0v) is 20.8. The molecule has 5 nitrogen and oxygen atoms in total. The van der Waals surface area contributed by atoms with Crippen molar-refractivity contribution in [3.05, 3.63) is 63.1 Å². The number of rotatable bonds is 10. The summed E-state index contributed by atoms with van der Waals surface area (Å²) in [4.78, 5) is 27.7. The molecule has 2 rings (SSSR count). The van der Waals surface area contributed by atoms with Gasteiger partial charge in [0.2, 0.25) is 5.91 Å². The summed E-state index contributed by atoms with van der Waals surface area (Å²) in [6, 6.07) is 12.3. The summed E-state index contributed by atoms with van der Waals surface area (Å²) in [6.45, 7) is 7.87. The third-order valence-electron chi connectivity index (χ3n) is 5.18. The predicted molar refractivity (Wildman–Crippen MR) is 128 cm³/mol. The number of halogens is 2. The number of carbonyl (C=O) groups is 2. The fourth-order valence-corrected chi connectivity index (χ4v) is 3.55. The summed E-state index contributed by atoms with van der Waals surface area (Å²) in [7, 11) is 0. The van der Waals surface area contributed by atoms with Crippen LogP contribution in [0.3, 0.4) is 0 Å². The third kappa shape index (κ3) is 7.25. The van der Waals surface area contributed by atoms with Crippen LogP contribution in [0.1, 0.15) is 44.7 Å². The molecule has 0 aliphatic carbocycles. The summed E-state index contributed by atoms with van der Waals surface area (Å²) in [6.07, 6.45) is 1.29. The third-order valence-corrected chi connectivity index (χ3v) is 6.44. The Kier molecular flexibility index (Phi) is 9.85. The van der Waals surface area contributed by atoms with Crippen molar-refractivity contribution in [2.75, 3.05) is 6.61 Å². The SMILES string of the molecule is CC[C@H](C(=O)N[C@@H](C)CC)N(Cc1ccccc1Cl)C(=O)COc1ccc(Br)c(C)c1. The molecule has 2 aromatic rings. The van der Waals surface area contributed by atoms with Gasteiger partial charge in [-0.3, -0.25) is 9.59 Å². The molecule has 0 unspecified atom stereocenters. The smallest absolute Gasteiger partial charge is 0.261 e. The van der Waals surface area contributed by atoms with Crippen molar-refractivity contribution in [1.82, 2.24) is 10.2 Å². The number of benzene rings is 2. The Balaban J connectivity index is 2.24. The largest absolute Gasteiger partial charge is 0.484 e. The van der Waals surface area contributed by atoms with Gasteiger partial charge in [-0.15, -0.1) is 0 Å². The van der Waals surface area contributed by atoms with Gasteiger partial charge in [-0.05, 0) is 62.1 Å². The van der Waals surface area contributed by atoms with E-state index in [4.69, 9.17) is 16.3 Å². The van der Waals surface area contributed by atoms with Crippen molar-refractivity contribution < 1.29 is 14.3 Å². The van der Waals surface area contributed by atoms with Gasteiger partial charge in [0.1, 0.15) is 11.8 Å². The van der Waals surface area contributed by atoms with Crippen LogP contribution in [0.15, 0.2) is 46.9 Å². The highest BCUT2D eigenvalue weighted by molar-refractivity contribution is 9.10. The Hall–Kier alpha value is -2.05. The Morgan fingerprint density at radius 1 is 1.16 bits per heavy atom. The van der Waals surface area contributed by atoms with E-state index in [9.17, 15) is 9.59 Å². The average Bonchev–Trinajstić information content (AvgIpc) is 2.75. The first-order valence-electron chi connectivity index (χ1n) is 10.5. The van der Waals surface area contributed by atoms with Crippen LogP contribution in [0.5, 0.6) is 5.75 Å². The molecule has 0 aromatic heterocycles. The molecule has 1 N–H and O–H groups in total. The number of hydrogen-bond acceptors (Lipinski definition) is 3. The van der Waals surface area contributed by atoms with Crippen LogP contribution in [0.25, 0.3) is 0 Å². The van der Waals surface area contributed by atoms with Crippen LogP contribution in [0, 0.1) is 6.92 Å². The van der Waals surface area contributed by atoms with Crippen molar-refractivity contribution in [3.8, 4) is 5.75 Å². The van der Waals surface area contributed by atoms with Crippen LogP contribution in [-0.4, -0.2) is 35.4 Å². The maximum atomic E-state index is 13.2. The highest BCUT2D eigenvalue weighted by atomic mass is 79.9. The van der Waals surface area contributed by atoms with E-state index in [1.165, 1.54) is 0 Å².